The van der Waals surface area contributed by atoms with Crippen LogP contribution in [0.15, 0.2) is 36.4 Å². The van der Waals surface area contributed by atoms with E-state index in [0.29, 0.717) is 43.7 Å². The molecule has 30 heavy (non-hydrogen) atoms. The maximum Gasteiger partial charge on any atom is 0.252 e. The Hall–Kier alpha value is -2.80. The Morgan fingerprint density at radius 3 is 2.70 bits per heavy atom. The Kier molecular flexibility index (Phi) is 4.58. The minimum Gasteiger partial charge on any atom is -0.354 e. The van der Waals surface area contributed by atoms with E-state index in [-0.39, 0.29) is 18.7 Å². The average molecular weight is 413 g/mol. The van der Waals surface area contributed by atoms with E-state index >= 15 is 0 Å². The summed E-state index contributed by atoms with van der Waals surface area (Å²) in [5.74, 6) is -3.27. The molecular formula is C23H22F3N3O. The number of nitrogens with zero attached hydrogens (tertiary/aromatic N) is 1. The number of likely N-dealkylation sites (tertiary alicyclic amines) is 1. The minimum absolute atomic E-state index is 0.103. The molecule has 0 saturated carbocycles. The lowest BCUT2D eigenvalue weighted by Gasteiger charge is -2.31. The molecule has 0 unspecified atom stereocenters. The van der Waals surface area contributed by atoms with Crippen LogP contribution in [0, 0.1) is 5.82 Å². The number of benzene rings is 2. The summed E-state index contributed by atoms with van der Waals surface area (Å²) in [4.78, 5) is 17.7. The fraction of sp³-hybridized carbons (Fsp3) is 0.348. The first kappa shape index (κ1) is 19.2. The minimum atomic E-state index is -2.55. The molecule has 1 amide bonds. The average Bonchev–Trinajstić information content (AvgIpc) is 2.98. The molecule has 2 N–H and O–H groups in total. The van der Waals surface area contributed by atoms with Crippen molar-refractivity contribution in [3.05, 3.63) is 58.9 Å². The quantitative estimate of drug-likeness (QED) is 0.665. The Morgan fingerprint density at radius 2 is 1.90 bits per heavy atom. The molecule has 2 aliphatic heterocycles. The first-order valence-electron chi connectivity index (χ1n) is 10.2. The summed E-state index contributed by atoms with van der Waals surface area (Å²) in [6, 6.07) is 10.7. The standard InChI is InChI=1S/C23H22F3N3O/c24-16-11-18-20-17(4-7-27-22(18)30)21(28-19(20)12-16)15-3-1-2-14(10-15)13-29-8-5-23(25,26)6-9-29/h1-3,10-12,28H,4-9,13H2,(H,27,30). The van der Waals surface area contributed by atoms with Crippen molar-refractivity contribution in [1.82, 2.24) is 15.2 Å². The van der Waals surface area contributed by atoms with Crippen molar-refractivity contribution < 1.29 is 18.0 Å². The monoisotopic (exact) mass is 413 g/mol. The predicted molar refractivity (Wildman–Crippen MR) is 109 cm³/mol. The molecule has 2 aliphatic rings. The number of aromatic amines is 1. The molecule has 1 aromatic heterocycles. The number of rotatable bonds is 3. The third kappa shape index (κ3) is 3.47. The van der Waals surface area contributed by atoms with E-state index in [1.165, 1.54) is 12.1 Å². The molecule has 7 heteroatoms. The molecule has 1 fully saturated rings. The molecule has 3 aromatic rings. The second kappa shape index (κ2) is 7.16. The summed E-state index contributed by atoms with van der Waals surface area (Å²) in [6.07, 6.45) is 0.438. The van der Waals surface area contributed by atoms with Gasteiger partial charge in [-0.25, -0.2) is 13.2 Å². The third-order valence-electron chi connectivity index (χ3n) is 6.08. The third-order valence-corrected chi connectivity index (χ3v) is 6.08. The number of nitrogens with one attached hydrogen (secondary N) is 2. The van der Waals surface area contributed by atoms with Gasteiger partial charge in [-0.2, -0.15) is 0 Å². The number of carbonyl (C=O) groups excluding carboxylic acids is 1. The molecule has 156 valence electrons. The van der Waals surface area contributed by atoms with E-state index in [4.69, 9.17) is 0 Å². The van der Waals surface area contributed by atoms with Crippen LogP contribution in [0.25, 0.3) is 22.2 Å². The van der Waals surface area contributed by atoms with Gasteiger partial charge in [0.2, 0.25) is 0 Å². The SMILES string of the molecule is O=C1NCCc2c(-c3cccc(CN4CCC(F)(F)CC4)c3)[nH]c3cc(F)cc1c23. The Bertz CT molecular complexity index is 1130. The molecule has 0 bridgehead atoms. The normalized spacial score (nSPS) is 19.0. The van der Waals surface area contributed by atoms with Gasteiger partial charge >= 0.3 is 0 Å². The highest BCUT2D eigenvalue weighted by Crippen LogP contribution is 2.35. The Labute approximate surface area is 172 Å². The second-order valence-electron chi connectivity index (χ2n) is 8.19. The van der Waals surface area contributed by atoms with Gasteiger partial charge in [0.1, 0.15) is 5.82 Å². The van der Waals surface area contributed by atoms with E-state index in [1.807, 2.05) is 29.2 Å². The summed E-state index contributed by atoms with van der Waals surface area (Å²) >= 11 is 0. The van der Waals surface area contributed by atoms with Crippen molar-refractivity contribution in [1.29, 1.82) is 0 Å². The lowest BCUT2D eigenvalue weighted by Crippen LogP contribution is -2.38. The molecule has 5 rings (SSSR count). The van der Waals surface area contributed by atoms with Crippen LogP contribution >= 0.6 is 0 Å². The highest BCUT2D eigenvalue weighted by molar-refractivity contribution is 6.10. The second-order valence-corrected chi connectivity index (χ2v) is 8.19. The van der Waals surface area contributed by atoms with E-state index < -0.39 is 11.7 Å². The fourth-order valence-corrected chi connectivity index (χ4v) is 4.56. The summed E-state index contributed by atoms with van der Waals surface area (Å²) in [7, 11) is 0. The maximum absolute atomic E-state index is 14.1. The maximum atomic E-state index is 14.1. The summed E-state index contributed by atoms with van der Waals surface area (Å²) in [5.41, 5.74) is 4.81. The molecule has 3 heterocycles. The van der Waals surface area contributed by atoms with Gasteiger partial charge < -0.3 is 10.3 Å². The van der Waals surface area contributed by atoms with Gasteiger partial charge in [0.15, 0.2) is 0 Å². The van der Waals surface area contributed by atoms with Gasteiger partial charge in [-0.15, -0.1) is 0 Å². The fourth-order valence-electron chi connectivity index (χ4n) is 4.56. The number of hydrogen-bond acceptors (Lipinski definition) is 2. The first-order chi connectivity index (χ1) is 14.4. The summed E-state index contributed by atoms with van der Waals surface area (Å²) < 4.78 is 40.9. The van der Waals surface area contributed by atoms with Crippen molar-refractivity contribution >= 4 is 16.8 Å². The molecule has 0 atom stereocenters. The van der Waals surface area contributed by atoms with Crippen molar-refractivity contribution in [2.45, 2.75) is 31.7 Å². The van der Waals surface area contributed by atoms with Gasteiger partial charge in [0, 0.05) is 55.6 Å². The molecule has 4 nitrogen and oxygen atoms in total. The lowest BCUT2D eigenvalue weighted by molar-refractivity contribution is -0.0566. The molecule has 1 saturated heterocycles. The van der Waals surface area contributed by atoms with Crippen LogP contribution in [-0.4, -0.2) is 41.3 Å². The molecular weight excluding hydrogens is 391 g/mol. The molecule has 2 aromatic carbocycles. The largest absolute Gasteiger partial charge is 0.354 e. The number of H-pyrrole nitrogens is 1. The molecule has 0 radical (unpaired) electrons. The predicted octanol–water partition coefficient (Wildman–Crippen LogP) is 4.49. The van der Waals surface area contributed by atoms with Gasteiger partial charge in [-0.3, -0.25) is 9.69 Å². The van der Waals surface area contributed by atoms with Gasteiger partial charge in [-0.1, -0.05) is 18.2 Å². The highest BCUT2D eigenvalue weighted by atomic mass is 19.3. The number of amides is 1. The zero-order chi connectivity index (χ0) is 20.9. The van der Waals surface area contributed by atoms with Crippen LogP contribution in [0.5, 0.6) is 0 Å². The van der Waals surface area contributed by atoms with E-state index in [2.05, 4.69) is 10.3 Å². The van der Waals surface area contributed by atoms with Crippen LogP contribution in [0.4, 0.5) is 13.2 Å². The van der Waals surface area contributed by atoms with Gasteiger partial charge in [-0.05, 0) is 41.3 Å². The smallest absolute Gasteiger partial charge is 0.252 e. The van der Waals surface area contributed by atoms with Crippen LogP contribution in [0.3, 0.4) is 0 Å². The Balaban J connectivity index is 1.50. The zero-order valence-corrected chi connectivity index (χ0v) is 16.4. The number of alkyl halides is 2. The van der Waals surface area contributed by atoms with E-state index in [0.717, 1.165) is 27.8 Å². The summed E-state index contributed by atoms with van der Waals surface area (Å²) in [6.45, 7) is 1.85. The van der Waals surface area contributed by atoms with E-state index in [1.54, 1.807) is 0 Å². The van der Waals surface area contributed by atoms with Crippen molar-refractivity contribution in [2.75, 3.05) is 19.6 Å². The molecule has 0 aliphatic carbocycles. The topological polar surface area (TPSA) is 48.1 Å². The Morgan fingerprint density at radius 1 is 1.10 bits per heavy atom. The number of piperidine rings is 1. The van der Waals surface area contributed by atoms with Crippen molar-refractivity contribution in [3.8, 4) is 11.3 Å². The van der Waals surface area contributed by atoms with Crippen molar-refractivity contribution in [3.63, 3.8) is 0 Å². The van der Waals surface area contributed by atoms with Crippen LogP contribution < -0.4 is 5.32 Å². The van der Waals surface area contributed by atoms with Crippen molar-refractivity contribution in [2.24, 2.45) is 0 Å². The number of carbonyl (C=O) groups is 1. The van der Waals surface area contributed by atoms with E-state index in [9.17, 15) is 18.0 Å². The number of hydrogen-bond donors (Lipinski definition) is 2. The number of aromatic nitrogens is 1. The highest BCUT2D eigenvalue weighted by Gasteiger charge is 2.33. The van der Waals surface area contributed by atoms with Crippen LogP contribution in [0.1, 0.15) is 34.3 Å². The zero-order valence-electron chi connectivity index (χ0n) is 16.4. The number of halogens is 3. The van der Waals surface area contributed by atoms with Crippen LogP contribution in [0.2, 0.25) is 0 Å². The molecule has 0 spiro atoms. The van der Waals surface area contributed by atoms with Crippen LogP contribution in [-0.2, 0) is 13.0 Å². The summed E-state index contributed by atoms with van der Waals surface area (Å²) in [5, 5.41) is 3.60. The first-order valence-corrected chi connectivity index (χ1v) is 10.2. The lowest BCUT2D eigenvalue weighted by atomic mass is 9.99. The van der Waals surface area contributed by atoms with Gasteiger partial charge in [0.05, 0.1) is 5.56 Å². The van der Waals surface area contributed by atoms with Gasteiger partial charge in [0.25, 0.3) is 11.8 Å².